The van der Waals surface area contributed by atoms with Crippen molar-refractivity contribution in [2.24, 2.45) is 39.8 Å². The second kappa shape index (κ2) is 18.7. The molecule has 0 aromatic heterocycles. The monoisotopic (exact) mass is 643 g/mol. The molecule has 0 saturated carbocycles. The third kappa shape index (κ3) is 12.0. The first-order valence-electron chi connectivity index (χ1n) is 16.1. The summed E-state index contributed by atoms with van der Waals surface area (Å²) < 4.78 is 0. The highest BCUT2D eigenvalue weighted by molar-refractivity contribution is 5.96. The van der Waals surface area contributed by atoms with Crippen molar-refractivity contribution in [2.75, 3.05) is 13.1 Å². The van der Waals surface area contributed by atoms with E-state index in [4.69, 9.17) is 22.9 Å². The fraction of sp³-hybridized carbons (Fsp3) is 0.625. The Kier molecular flexibility index (Phi) is 15.4. The van der Waals surface area contributed by atoms with Crippen LogP contribution in [-0.2, 0) is 30.4 Å². The number of hydrogen-bond acceptors (Lipinski definition) is 7. The summed E-state index contributed by atoms with van der Waals surface area (Å²) in [5.41, 5.74) is 23.5. The van der Waals surface area contributed by atoms with Crippen LogP contribution in [0, 0.1) is 11.8 Å². The number of amides is 5. The maximum Gasteiger partial charge on any atom is 0.246 e. The molecule has 1 heterocycles. The smallest absolute Gasteiger partial charge is 0.246 e. The number of rotatable bonds is 18. The van der Waals surface area contributed by atoms with Crippen LogP contribution in [0.25, 0.3) is 0 Å². The van der Waals surface area contributed by atoms with Gasteiger partial charge in [0.2, 0.25) is 29.5 Å². The molecule has 2 rings (SSSR count). The van der Waals surface area contributed by atoms with Crippen LogP contribution >= 0.6 is 0 Å². The molecule has 256 valence electrons. The molecule has 6 atom stereocenters. The van der Waals surface area contributed by atoms with Gasteiger partial charge in [0, 0.05) is 13.1 Å². The van der Waals surface area contributed by atoms with E-state index in [0.717, 1.165) is 5.56 Å². The lowest BCUT2D eigenvalue weighted by molar-refractivity contribution is -0.143. The van der Waals surface area contributed by atoms with Gasteiger partial charge in [-0.25, -0.2) is 0 Å². The van der Waals surface area contributed by atoms with E-state index in [9.17, 15) is 24.0 Å². The quantitative estimate of drug-likeness (QED) is 0.0631. The van der Waals surface area contributed by atoms with Crippen LogP contribution in [0.4, 0.5) is 0 Å². The highest BCUT2D eigenvalue weighted by Gasteiger charge is 2.40. The normalized spacial score (nSPS) is 17.7. The van der Waals surface area contributed by atoms with E-state index in [1.165, 1.54) is 4.90 Å². The lowest BCUT2D eigenvalue weighted by atomic mass is 9.96. The van der Waals surface area contributed by atoms with Crippen LogP contribution in [0.2, 0.25) is 0 Å². The first-order valence-corrected chi connectivity index (χ1v) is 16.1. The summed E-state index contributed by atoms with van der Waals surface area (Å²) in [6.07, 6.45) is 2.73. The van der Waals surface area contributed by atoms with Crippen molar-refractivity contribution >= 4 is 35.5 Å². The molecule has 1 aliphatic heterocycles. The van der Waals surface area contributed by atoms with E-state index in [0.29, 0.717) is 45.1 Å². The van der Waals surface area contributed by atoms with Gasteiger partial charge in [-0.2, -0.15) is 0 Å². The van der Waals surface area contributed by atoms with E-state index in [2.05, 4.69) is 20.9 Å². The molecule has 1 fully saturated rings. The van der Waals surface area contributed by atoms with E-state index >= 15 is 0 Å². The molecular weight excluding hydrogens is 590 g/mol. The lowest BCUT2D eigenvalue weighted by Gasteiger charge is -2.32. The minimum atomic E-state index is -1.03. The van der Waals surface area contributed by atoms with Gasteiger partial charge in [0.05, 0.1) is 6.04 Å². The second-order valence-corrected chi connectivity index (χ2v) is 12.5. The number of nitrogens with zero attached hydrogens (tertiary/aromatic N) is 2. The van der Waals surface area contributed by atoms with Gasteiger partial charge in [0.1, 0.15) is 24.2 Å². The standard InChI is InChI=1S/C32H53N9O5/c1-5-20(4)26(40-28(43)22(33)18-21-11-7-6-8-12-21)31(46)41-16-10-14-25(41)30(45)38-23(13-9-15-37-32(35)36)29(44)39-24(27(34)42)17-19(2)3/h6-8,11-12,19-20,22-26H,5,9-10,13-18,33H2,1-4H3,(H2,34,42)(H,38,45)(H,39,44)(H,40,43)(H4,35,36,37)/t20-,22-,23-,24-,25-,26-/m0/s1. The average molecular weight is 644 g/mol. The summed E-state index contributed by atoms with van der Waals surface area (Å²) in [6.45, 7) is 8.11. The molecule has 46 heavy (non-hydrogen) atoms. The van der Waals surface area contributed by atoms with Gasteiger partial charge in [-0.3, -0.25) is 29.0 Å². The number of carbonyl (C=O) groups excluding carboxylic acids is 5. The van der Waals surface area contributed by atoms with Crippen molar-refractivity contribution in [2.45, 2.75) is 103 Å². The molecule has 14 heteroatoms. The van der Waals surface area contributed by atoms with E-state index in [1.54, 1.807) is 0 Å². The molecule has 0 spiro atoms. The number of likely N-dealkylation sites (tertiary alicyclic amines) is 1. The van der Waals surface area contributed by atoms with Crippen LogP contribution in [0.5, 0.6) is 0 Å². The third-order valence-corrected chi connectivity index (χ3v) is 8.20. The largest absolute Gasteiger partial charge is 0.370 e. The number of primary amides is 1. The van der Waals surface area contributed by atoms with Gasteiger partial charge in [0.15, 0.2) is 5.96 Å². The zero-order valence-electron chi connectivity index (χ0n) is 27.5. The number of hydrogen-bond donors (Lipinski definition) is 7. The number of nitrogens with one attached hydrogen (secondary N) is 3. The van der Waals surface area contributed by atoms with Crippen molar-refractivity contribution in [3.05, 3.63) is 35.9 Å². The number of carbonyl (C=O) groups is 5. The van der Waals surface area contributed by atoms with E-state index in [-0.39, 0.29) is 36.7 Å². The molecule has 0 unspecified atom stereocenters. The Bertz CT molecular complexity index is 1210. The summed E-state index contributed by atoms with van der Waals surface area (Å²) in [7, 11) is 0. The Balaban J connectivity index is 2.20. The van der Waals surface area contributed by atoms with E-state index in [1.807, 2.05) is 58.0 Å². The molecule has 1 saturated heterocycles. The highest BCUT2D eigenvalue weighted by Crippen LogP contribution is 2.22. The van der Waals surface area contributed by atoms with Gasteiger partial charge in [-0.05, 0) is 55.9 Å². The zero-order chi connectivity index (χ0) is 34.4. The summed E-state index contributed by atoms with van der Waals surface area (Å²) in [5.74, 6) is -2.85. The van der Waals surface area contributed by atoms with Crippen molar-refractivity contribution in [1.82, 2.24) is 20.9 Å². The van der Waals surface area contributed by atoms with Crippen LogP contribution in [0.1, 0.15) is 71.8 Å². The fourth-order valence-corrected chi connectivity index (χ4v) is 5.42. The average Bonchev–Trinajstić information content (AvgIpc) is 3.50. The summed E-state index contributed by atoms with van der Waals surface area (Å²) in [4.78, 5) is 71.4. The number of aliphatic imine (C=N–C) groups is 1. The molecule has 1 aromatic carbocycles. The van der Waals surface area contributed by atoms with Crippen LogP contribution < -0.4 is 38.9 Å². The van der Waals surface area contributed by atoms with E-state index < -0.39 is 53.8 Å². The van der Waals surface area contributed by atoms with Crippen molar-refractivity contribution in [1.29, 1.82) is 0 Å². The van der Waals surface area contributed by atoms with Crippen LogP contribution in [0.3, 0.4) is 0 Å². The summed E-state index contributed by atoms with van der Waals surface area (Å²) >= 11 is 0. The maximum absolute atomic E-state index is 13.9. The lowest BCUT2D eigenvalue weighted by Crippen LogP contribution is -2.59. The Morgan fingerprint density at radius 3 is 2.22 bits per heavy atom. The van der Waals surface area contributed by atoms with Crippen LogP contribution in [0.15, 0.2) is 35.3 Å². The Labute approximate surface area is 271 Å². The number of guanidine groups is 1. The van der Waals surface area contributed by atoms with Gasteiger partial charge >= 0.3 is 0 Å². The summed E-state index contributed by atoms with van der Waals surface area (Å²) in [6, 6.07) is 4.81. The maximum atomic E-state index is 13.9. The topological polar surface area (TPSA) is 241 Å². The first kappa shape index (κ1) is 38.0. The molecule has 14 nitrogen and oxygen atoms in total. The van der Waals surface area contributed by atoms with Crippen LogP contribution in [-0.4, -0.2) is 83.7 Å². The van der Waals surface area contributed by atoms with Gasteiger partial charge in [-0.15, -0.1) is 0 Å². The number of nitrogens with two attached hydrogens (primary N) is 4. The van der Waals surface area contributed by atoms with Gasteiger partial charge < -0.3 is 43.8 Å². The molecule has 11 N–H and O–H groups in total. The molecule has 0 radical (unpaired) electrons. The minimum Gasteiger partial charge on any atom is -0.370 e. The highest BCUT2D eigenvalue weighted by atomic mass is 16.2. The Hall–Kier alpha value is -4.20. The van der Waals surface area contributed by atoms with Crippen molar-refractivity contribution < 1.29 is 24.0 Å². The molecule has 0 bridgehead atoms. The SMILES string of the molecule is CC[C@H](C)[C@H](NC(=O)[C@@H](N)Cc1ccccc1)C(=O)N1CCC[C@H]1C(=O)N[C@@H](CCCN=C(N)N)C(=O)N[C@@H](CC(C)C)C(N)=O. The Morgan fingerprint density at radius 2 is 1.63 bits per heavy atom. The van der Waals surface area contributed by atoms with Crippen molar-refractivity contribution in [3.63, 3.8) is 0 Å². The first-order chi connectivity index (χ1) is 21.7. The predicted molar refractivity (Wildman–Crippen MR) is 177 cm³/mol. The third-order valence-electron chi connectivity index (χ3n) is 8.20. The van der Waals surface area contributed by atoms with Crippen molar-refractivity contribution in [3.8, 4) is 0 Å². The molecular formula is C32H53N9O5. The molecule has 5 amide bonds. The fourth-order valence-electron chi connectivity index (χ4n) is 5.42. The van der Waals surface area contributed by atoms with Gasteiger partial charge in [0.25, 0.3) is 0 Å². The Morgan fingerprint density at radius 1 is 0.957 bits per heavy atom. The predicted octanol–water partition coefficient (Wildman–Crippen LogP) is -0.367. The zero-order valence-corrected chi connectivity index (χ0v) is 27.5. The van der Waals surface area contributed by atoms with Gasteiger partial charge in [-0.1, -0.05) is 64.4 Å². The number of benzene rings is 1. The minimum absolute atomic E-state index is 0.0811. The molecule has 0 aliphatic carbocycles. The molecule has 1 aromatic rings. The second-order valence-electron chi connectivity index (χ2n) is 12.5. The molecule has 1 aliphatic rings. The summed E-state index contributed by atoms with van der Waals surface area (Å²) in [5, 5.41) is 8.29.